The average molecular weight is 393 g/mol. The van der Waals surface area contributed by atoms with Gasteiger partial charge in [0.25, 0.3) is 0 Å². The van der Waals surface area contributed by atoms with Gasteiger partial charge < -0.3 is 9.84 Å². The standard InChI is InChI=1S/C23H24FN3O2/c24-20-5-1-18(2-6-20)15-23(28)9-13-27(14-10-23)17-19-3-7-21(8-4-19)29-22-16-25-11-12-26-22/h1-8,11-12,16,28H,9-10,13-15,17H2. The molecule has 1 aliphatic heterocycles. The maximum atomic E-state index is 13.1. The summed E-state index contributed by atoms with van der Waals surface area (Å²) in [6.45, 7) is 2.49. The van der Waals surface area contributed by atoms with Crippen molar-refractivity contribution in [1.82, 2.24) is 14.9 Å². The Morgan fingerprint density at radius 1 is 0.966 bits per heavy atom. The fourth-order valence-electron chi connectivity index (χ4n) is 3.67. The van der Waals surface area contributed by atoms with Crippen molar-refractivity contribution in [3.8, 4) is 11.6 Å². The van der Waals surface area contributed by atoms with E-state index in [1.807, 2.05) is 24.3 Å². The van der Waals surface area contributed by atoms with Crippen molar-refractivity contribution in [1.29, 1.82) is 0 Å². The number of hydrogen-bond acceptors (Lipinski definition) is 5. The lowest BCUT2D eigenvalue weighted by Crippen LogP contribution is -2.45. The first-order chi connectivity index (χ1) is 14.1. The molecular formula is C23H24FN3O2. The number of likely N-dealkylation sites (tertiary alicyclic amines) is 1. The summed E-state index contributed by atoms with van der Waals surface area (Å²) >= 11 is 0. The van der Waals surface area contributed by atoms with E-state index in [1.54, 1.807) is 30.7 Å². The van der Waals surface area contributed by atoms with Crippen LogP contribution in [0.4, 0.5) is 4.39 Å². The van der Waals surface area contributed by atoms with Gasteiger partial charge in [-0.3, -0.25) is 9.88 Å². The van der Waals surface area contributed by atoms with Crippen LogP contribution in [0.15, 0.2) is 67.1 Å². The van der Waals surface area contributed by atoms with Crippen molar-refractivity contribution in [3.05, 3.63) is 84.1 Å². The van der Waals surface area contributed by atoms with E-state index in [9.17, 15) is 9.50 Å². The van der Waals surface area contributed by atoms with Crippen LogP contribution in [0.5, 0.6) is 11.6 Å². The molecular weight excluding hydrogens is 369 g/mol. The summed E-state index contributed by atoms with van der Waals surface area (Å²) in [4.78, 5) is 10.4. The Kier molecular flexibility index (Phi) is 5.83. The second kappa shape index (κ2) is 8.68. The molecule has 0 unspecified atom stereocenters. The van der Waals surface area contributed by atoms with Crippen molar-refractivity contribution < 1.29 is 14.2 Å². The van der Waals surface area contributed by atoms with Crippen molar-refractivity contribution in [3.63, 3.8) is 0 Å². The first kappa shape index (κ1) is 19.5. The van der Waals surface area contributed by atoms with Crippen LogP contribution in [0.1, 0.15) is 24.0 Å². The molecule has 4 rings (SSSR count). The Hall–Kier alpha value is -2.83. The fourth-order valence-corrected chi connectivity index (χ4v) is 3.67. The van der Waals surface area contributed by atoms with Crippen molar-refractivity contribution >= 4 is 0 Å². The summed E-state index contributed by atoms with van der Waals surface area (Å²) in [5, 5.41) is 10.9. The van der Waals surface area contributed by atoms with Crippen molar-refractivity contribution in [2.24, 2.45) is 0 Å². The third kappa shape index (κ3) is 5.37. The van der Waals surface area contributed by atoms with Crippen LogP contribution in [0.3, 0.4) is 0 Å². The van der Waals surface area contributed by atoms with Crippen LogP contribution in [-0.4, -0.2) is 38.7 Å². The minimum Gasteiger partial charge on any atom is -0.438 e. The highest BCUT2D eigenvalue weighted by atomic mass is 19.1. The Balaban J connectivity index is 1.28. The van der Waals surface area contributed by atoms with Crippen LogP contribution in [-0.2, 0) is 13.0 Å². The van der Waals surface area contributed by atoms with E-state index in [4.69, 9.17) is 4.74 Å². The molecule has 0 radical (unpaired) electrons. The van der Waals surface area contributed by atoms with E-state index < -0.39 is 5.60 Å². The molecule has 1 aromatic heterocycles. The molecule has 0 bridgehead atoms. The molecule has 1 saturated heterocycles. The summed E-state index contributed by atoms with van der Waals surface area (Å²) in [6.07, 6.45) is 6.76. The van der Waals surface area contributed by atoms with Crippen LogP contribution in [0.25, 0.3) is 0 Å². The third-order valence-corrected chi connectivity index (χ3v) is 5.32. The highest BCUT2D eigenvalue weighted by molar-refractivity contribution is 5.30. The Labute approximate surface area is 169 Å². The van der Waals surface area contributed by atoms with Crippen LogP contribution < -0.4 is 4.74 Å². The second-order valence-corrected chi connectivity index (χ2v) is 7.59. The average Bonchev–Trinajstić information content (AvgIpc) is 2.74. The van der Waals surface area contributed by atoms with Crippen molar-refractivity contribution in [2.45, 2.75) is 31.4 Å². The van der Waals surface area contributed by atoms with Gasteiger partial charge in [-0.25, -0.2) is 9.37 Å². The Morgan fingerprint density at radius 2 is 1.66 bits per heavy atom. The summed E-state index contributed by atoms with van der Waals surface area (Å²) in [6, 6.07) is 14.4. The molecule has 0 spiro atoms. The quantitative estimate of drug-likeness (QED) is 0.687. The number of aliphatic hydroxyl groups is 1. The number of benzene rings is 2. The molecule has 0 saturated carbocycles. The second-order valence-electron chi connectivity index (χ2n) is 7.59. The van der Waals surface area contributed by atoms with E-state index in [2.05, 4.69) is 14.9 Å². The topological polar surface area (TPSA) is 58.5 Å². The molecule has 150 valence electrons. The molecule has 1 N–H and O–H groups in total. The van der Waals surface area contributed by atoms with Crippen molar-refractivity contribution in [2.75, 3.05) is 13.1 Å². The van der Waals surface area contributed by atoms with Gasteiger partial charge in [-0.15, -0.1) is 0 Å². The predicted molar refractivity (Wildman–Crippen MR) is 108 cm³/mol. The zero-order valence-corrected chi connectivity index (χ0v) is 16.2. The lowest BCUT2D eigenvalue weighted by molar-refractivity contribution is -0.0224. The summed E-state index contributed by atoms with van der Waals surface area (Å²) in [5.74, 6) is 0.946. The Bertz CT molecular complexity index is 909. The summed E-state index contributed by atoms with van der Waals surface area (Å²) < 4.78 is 18.7. The number of halogens is 1. The summed E-state index contributed by atoms with van der Waals surface area (Å²) in [7, 11) is 0. The molecule has 1 aliphatic rings. The van der Waals surface area contributed by atoms with Gasteiger partial charge in [0.1, 0.15) is 11.6 Å². The van der Waals surface area contributed by atoms with Gasteiger partial charge >= 0.3 is 0 Å². The van der Waals surface area contributed by atoms with Gasteiger partial charge in [-0.05, 0) is 48.2 Å². The zero-order valence-electron chi connectivity index (χ0n) is 16.2. The molecule has 2 aromatic carbocycles. The number of aromatic nitrogens is 2. The van der Waals surface area contributed by atoms with E-state index >= 15 is 0 Å². The van der Waals surface area contributed by atoms with Crippen LogP contribution in [0.2, 0.25) is 0 Å². The molecule has 6 heteroatoms. The van der Waals surface area contributed by atoms with E-state index in [1.165, 1.54) is 17.7 Å². The van der Waals surface area contributed by atoms with Gasteiger partial charge in [0, 0.05) is 38.4 Å². The number of nitrogens with zero attached hydrogens (tertiary/aromatic N) is 3. The van der Waals surface area contributed by atoms with Gasteiger partial charge in [0.2, 0.25) is 5.88 Å². The maximum Gasteiger partial charge on any atom is 0.237 e. The van der Waals surface area contributed by atoms with Gasteiger partial charge in [-0.1, -0.05) is 24.3 Å². The van der Waals surface area contributed by atoms with Crippen LogP contribution in [0, 0.1) is 5.82 Å². The first-order valence-corrected chi connectivity index (χ1v) is 9.80. The normalized spacial score (nSPS) is 16.5. The first-order valence-electron chi connectivity index (χ1n) is 9.80. The Morgan fingerprint density at radius 3 is 2.31 bits per heavy atom. The van der Waals surface area contributed by atoms with Gasteiger partial charge in [-0.2, -0.15) is 0 Å². The highest BCUT2D eigenvalue weighted by Gasteiger charge is 2.32. The molecule has 1 fully saturated rings. The largest absolute Gasteiger partial charge is 0.438 e. The molecule has 3 aromatic rings. The minimum atomic E-state index is -0.719. The molecule has 5 nitrogen and oxygen atoms in total. The highest BCUT2D eigenvalue weighted by Crippen LogP contribution is 2.28. The van der Waals surface area contributed by atoms with E-state index in [-0.39, 0.29) is 5.82 Å². The third-order valence-electron chi connectivity index (χ3n) is 5.32. The molecule has 0 atom stereocenters. The lowest BCUT2D eigenvalue weighted by atomic mass is 9.85. The molecule has 29 heavy (non-hydrogen) atoms. The number of hydrogen-bond donors (Lipinski definition) is 1. The van der Waals surface area contributed by atoms with Gasteiger partial charge in [0.15, 0.2) is 0 Å². The monoisotopic (exact) mass is 393 g/mol. The number of ether oxygens (including phenoxy) is 1. The molecule has 2 heterocycles. The number of piperidine rings is 1. The fraction of sp³-hybridized carbons (Fsp3) is 0.304. The number of rotatable bonds is 6. The van der Waals surface area contributed by atoms with E-state index in [0.717, 1.165) is 30.9 Å². The van der Waals surface area contributed by atoms with Crippen LogP contribution >= 0.6 is 0 Å². The SMILES string of the molecule is OC1(Cc2ccc(F)cc2)CCN(Cc2ccc(Oc3cnccn3)cc2)CC1. The minimum absolute atomic E-state index is 0.247. The van der Waals surface area contributed by atoms with Gasteiger partial charge in [0.05, 0.1) is 11.8 Å². The van der Waals surface area contributed by atoms with E-state index in [0.29, 0.717) is 25.1 Å². The molecule has 0 amide bonds. The maximum absolute atomic E-state index is 13.1. The zero-order chi connectivity index (χ0) is 20.1. The smallest absolute Gasteiger partial charge is 0.237 e. The summed E-state index contributed by atoms with van der Waals surface area (Å²) in [5.41, 5.74) is 1.45. The predicted octanol–water partition coefficient (Wildman–Crippen LogP) is 3.98. The lowest BCUT2D eigenvalue weighted by Gasteiger charge is -2.38. The molecule has 0 aliphatic carbocycles.